The Bertz CT molecular complexity index is 470. The summed E-state index contributed by atoms with van der Waals surface area (Å²) in [4.78, 5) is 15.5. The second-order valence-electron chi connectivity index (χ2n) is 2.70. The number of aldehydes is 1. The minimum absolute atomic E-state index is 0.500. The molecule has 0 saturated heterocycles. The molecule has 0 radical (unpaired) electrons. The second-order valence-corrected chi connectivity index (χ2v) is 4.13. The molecule has 2 rings (SSSR count). The first-order valence-electron chi connectivity index (χ1n) is 4.11. The summed E-state index contributed by atoms with van der Waals surface area (Å²) in [5, 5.41) is 1.04. The lowest BCUT2D eigenvalue weighted by Gasteiger charge is -2.01. The van der Waals surface area contributed by atoms with Gasteiger partial charge in [-0.25, -0.2) is 4.98 Å². The van der Waals surface area contributed by atoms with E-state index in [9.17, 15) is 4.79 Å². The third-order valence-electron chi connectivity index (χ3n) is 1.71. The van der Waals surface area contributed by atoms with Crippen molar-refractivity contribution in [2.24, 2.45) is 0 Å². The van der Waals surface area contributed by atoms with Crippen molar-refractivity contribution in [2.45, 2.75) is 10.1 Å². The number of hydrogen-bond donors (Lipinski definition) is 0. The number of carbonyl (C=O) groups is 1. The summed E-state index contributed by atoms with van der Waals surface area (Å²) in [6, 6.07) is 5.10. The summed E-state index contributed by atoms with van der Waals surface area (Å²) in [7, 11) is 0. The highest BCUT2D eigenvalue weighted by atomic mass is 35.5. The average Bonchev–Trinajstić information content (AvgIpc) is 2.73. The fourth-order valence-corrected chi connectivity index (χ4v) is 2.01. The Morgan fingerprint density at radius 2 is 2.33 bits per heavy atom. The van der Waals surface area contributed by atoms with E-state index >= 15 is 0 Å². The van der Waals surface area contributed by atoms with E-state index in [4.69, 9.17) is 16.0 Å². The van der Waals surface area contributed by atoms with Gasteiger partial charge in [0, 0.05) is 15.5 Å². The van der Waals surface area contributed by atoms with Crippen molar-refractivity contribution < 1.29 is 9.21 Å². The van der Waals surface area contributed by atoms with E-state index < -0.39 is 0 Å². The molecule has 3 nitrogen and oxygen atoms in total. The van der Waals surface area contributed by atoms with Crippen LogP contribution >= 0.6 is 23.4 Å². The maximum Gasteiger partial charge on any atom is 0.260 e. The van der Waals surface area contributed by atoms with Gasteiger partial charge in [-0.3, -0.25) is 4.79 Å². The molecule has 1 heterocycles. The zero-order valence-corrected chi connectivity index (χ0v) is 9.09. The van der Waals surface area contributed by atoms with E-state index in [1.165, 1.54) is 18.0 Å². The highest BCUT2D eigenvalue weighted by Gasteiger charge is 2.07. The standard InChI is InChI=1S/C10H6ClNO2S/c11-8-1-2-9(7(5-8)6-13)15-10-12-3-4-14-10/h1-6H. The van der Waals surface area contributed by atoms with Crippen molar-refractivity contribution in [1.29, 1.82) is 0 Å². The van der Waals surface area contributed by atoms with Crippen LogP contribution in [0.1, 0.15) is 10.4 Å². The molecule has 1 aromatic heterocycles. The lowest BCUT2D eigenvalue weighted by Crippen LogP contribution is -1.84. The smallest absolute Gasteiger partial charge is 0.260 e. The van der Waals surface area contributed by atoms with Crippen LogP contribution in [0.4, 0.5) is 0 Å². The zero-order chi connectivity index (χ0) is 10.7. The number of halogens is 1. The molecular formula is C10H6ClNO2S. The first-order valence-corrected chi connectivity index (χ1v) is 5.31. The predicted octanol–water partition coefficient (Wildman–Crippen LogP) is 3.29. The maximum absolute atomic E-state index is 10.8. The van der Waals surface area contributed by atoms with E-state index in [0.717, 1.165) is 11.2 Å². The SMILES string of the molecule is O=Cc1cc(Cl)ccc1Sc1ncco1. The van der Waals surface area contributed by atoms with Gasteiger partial charge in [-0.2, -0.15) is 0 Å². The molecule has 0 bridgehead atoms. The van der Waals surface area contributed by atoms with Gasteiger partial charge >= 0.3 is 0 Å². The monoisotopic (exact) mass is 239 g/mol. The van der Waals surface area contributed by atoms with E-state index in [1.807, 2.05) is 0 Å². The molecule has 0 aliphatic heterocycles. The number of hydrogen-bond acceptors (Lipinski definition) is 4. The van der Waals surface area contributed by atoms with Crippen LogP contribution in [0, 0.1) is 0 Å². The van der Waals surface area contributed by atoms with Crippen molar-refractivity contribution in [3.8, 4) is 0 Å². The minimum atomic E-state index is 0.500. The molecule has 0 aliphatic carbocycles. The van der Waals surface area contributed by atoms with Gasteiger partial charge in [0.15, 0.2) is 6.29 Å². The average molecular weight is 240 g/mol. The number of benzene rings is 1. The molecule has 0 amide bonds. The van der Waals surface area contributed by atoms with Crippen LogP contribution in [0.2, 0.25) is 5.02 Å². The molecule has 0 N–H and O–H groups in total. The Hall–Kier alpha value is -1.26. The second kappa shape index (κ2) is 4.51. The Kier molecular flexibility index (Phi) is 3.08. The fraction of sp³-hybridized carbons (Fsp3) is 0. The van der Waals surface area contributed by atoms with Crippen LogP contribution in [0.25, 0.3) is 0 Å². The molecule has 1 aromatic carbocycles. The lowest BCUT2D eigenvalue weighted by molar-refractivity contribution is 0.112. The van der Waals surface area contributed by atoms with Gasteiger partial charge in [0.2, 0.25) is 0 Å². The van der Waals surface area contributed by atoms with Crippen molar-refractivity contribution in [3.63, 3.8) is 0 Å². The van der Waals surface area contributed by atoms with E-state index in [0.29, 0.717) is 15.8 Å². The number of nitrogens with zero attached hydrogens (tertiary/aromatic N) is 1. The highest BCUT2D eigenvalue weighted by Crippen LogP contribution is 2.29. The van der Waals surface area contributed by atoms with Gasteiger partial charge in [0.25, 0.3) is 5.22 Å². The van der Waals surface area contributed by atoms with Crippen molar-refractivity contribution in [2.75, 3.05) is 0 Å². The van der Waals surface area contributed by atoms with Gasteiger partial charge in [-0.05, 0) is 30.0 Å². The third kappa shape index (κ3) is 2.40. The maximum atomic E-state index is 10.8. The summed E-state index contributed by atoms with van der Waals surface area (Å²) in [5.41, 5.74) is 0.533. The molecular weight excluding hydrogens is 234 g/mol. The summed E-state index contributed by atoms with van der Waals surface area (Å²) < 4.78 is 5.07. The van der Waals surface area contributed by atoms with Crippen LogP contribution in [-0.4, -0.2) is 11.3 Å². The van der Waals surface area contributed by atoms with Gasteiger partial charge < -0.3 is 4.42 Å². The van der Waals surface area contributed by atoms with Gasteiger partial charge in [0.1, 0.15) is 6.26 Å². The van der Waals surface area contributed by atoms with Gasteiger partial charge in [-0.1, -0.05) is 11.6 Å². The first-order chi connectivity index (χ1) is 7.29. The number of carbonyl (C=O) groups excluding carboxylic acids is 1. The molecule has 0 fully saturated rings. The van der Waals surface area contributed by atoms with Crippen molar-refractivity contribution >= 4 is 29.6 Å². The van der Waals surface area contributed by atoms with Gasteiger partial charge in [-0.15, -0.1) is 0 Å². The Balaban J connectivity index is 2.32. The normalized spacial score (nSPS) is 10.2. The van der Waals surface area contributed by atoms with E-state index in [2.05, 4.69) is 4.98 Å². The highest BCUT2D eigenvalue weighted by molar-refractivity contribution is 7.99. The summed E-state index contributed by atoms with van der Waals surface area (Å²) >= 11 is 7.06. The van der Waals surface area contributed by atoms with Crippen LogP contribution in [0.5, 0.6) is 0 Å². The molecule has 2 aromatic rings. The molecule has 0 spiro atoms. The lowest BCUT2D eigenvalue weighted by atomic mass is 10.2. The molecule has 0 aliphatic rings. The molecule has 0 saturated carbocycles. The molecule has 76 valence electrons. The summed E-state index contributed by atoms with van der Waals surface area (Å²) in [6.45, 7) is 0. The number of oxazole rings is 1. The summed E-state index contributed by atoms with van der Waals surface area (Å²) in [6.07, 6.45) is 3.80. The number of aromatic nitrogens is 1. The molecule has 5 heteroatoms. The molecule has 0 atom stereocenters. The van der Waals surface area contributed by atoms with Gasteiger partial charge in [0.05, 0.1) is 6.20 Å². The van der Waals surface area contributed by atoms with Crippen molar-refractivity contribution in [1.82, 2.24) is 4.98 Å². The Labute approximate surface area is 95.5 Å². The summed E-state index contributed by atoms with van der Waals surface area (Å²) in [5.74, 6) is 0. The van der Waals surface area contributed by atoms with Crippen LogP contribution < -0.4 is 0 Å². The first kappa shape index (κ1) is 10.3. The fourth-order valence-electron chi connectivity index (χ4n) is 1.06. The Morgan fingerprint density at radius 3 is 3.00 bits per heavy atom. The van der Waals surface area contributed by atoms with Crippen molar-refractivity contribution in [3.05, 3.63) is 41.2 Å². The number of rotatable bonds is 3. The third-order valence-corrected chi connectivity index (χ3v) is 2.91. The predicted molar refractivity (Wildman–Crippen MR) is 57.5 cm³/mol. The largest absolute Gasteiger partial charge is 0.440 e. The topological polar surface area (TPSA) is 43.1 Å². The van der Waals surface area contributed by atoms with E-state index in [1.54, 1.807) is 24.4 Å². The minimum Gasteiger partial charge on any atom is -0.440 e. The Morgan fingerprint density at radius 1 is 1.47 bits per heavy atom. The van der Waals surface area contributed by atoms with Crippen LogP contribution in [0.15, 0.2) is 45.2 Å². The zero-order valence-electron chi connectivity index (χ0n) is 7.51. The quantitative estimate of drug-likeness (QED) is 0.771. The molecule has 0 unspecified atom stereocenters. The van der Waals surface area contributed by atoms with Crippen LogP contribution in [-0.2, 0) is 0 Å². The van der Waals surface area contributed by atoms with Crippen LogP contribution in [0.3, 0.4) is 0 Å². The van der Waals surface area contributed by atoms with E-state index in [-0.39, 0.29) is 0 Å². The molecule has 15 heavy (non-hydrogen) atoms.